The van der Waals surface area contributed by atoms with Crippen molar-refractivity contribution in [2.45, 2.75) is 20.8 Å². The van der Waals surface area contributed by atoms with Gasteiger partial charge in [0.25, 0.3) is 0 Å². The molecule has 58 valence electrons. The molecule has 1 nitrogen and oxygen atoms in total. The van der Waals surface area contributed by atoms with Gasteiger partial charge in [-0.15, -0.1) is 0 Å². The Bertz CT molecular complexity index is 155. The van der Waals surface area contributed by atoms with Crippen LogP contribution in [0.3, 0.4) is 0 Å². The highest BCUT2D eigenvalue weighted by Gasteiger charge is 2.00. The Balaban J connectivity index is 4.28. The van der Waals surface area contributed by atoms with Gasteiger partial charge in [0.2, 0.25) is 0 Å². The summed E-state index contributed by atoms with van der Waals surface area (Å²) in [7, 11) is 0. The van der Waals surface area contributed by atoms with Crippen LogP contribution in [0, 0.1) is 0 Å². The van der Waals surface area contributed by atoms with Crippen molar-refractivity contribution < 1.29 is 4.74 Å². The second kappa shape index (κ2) is 4.40. The molecule has 0 aromatic rings. The van der Waals surface area contributed by atoms with E-state index in [2.05, 4.69) is 6.58 Å². The first kappa shape index (κ1) is 9.57. The molecule has 0 saturated carbocycles. The van der Waals surface area contributed by atoms with Crippen molar-refractivity contribution in [1.82, 2.24) is 0 Å². The molecule has 0 aliphatic heterocycles. The zero-order valence-electron chi connectivity index (χ0n) is 6.70. The van der Waals surface area contributed by atoms with Crippen LogP contribution in [0.4, 0.5) is 0 Å². The van der Waals surface area contributed by atoms with Gasteiger partial charge in [-0.1, -0.05) is 18.2 Å². The van der Waals surface area contributed by atoms with E-state index in [1.54, 1.807) is 0 Å². The van der Waals surface area contributed by atoms with E-state index in [0.717, 1.165) is 5.57 Å². The Kier molecular flexibility index (Phi) is 4.21. The fraction of sp³-hybridized carbons (Fsp3) is 0.500. The smallest absolute Gasteiger partial charge is 0.135 e. The predicted molar refractivity (Wildman–Crippen MR) is 45.0 cm³/mol. The first-order valence-electron chi connectivity index (χ1n) is 3.24. The standard InChI is InChI=1S/C8H13ClO/c1-5-10-8(6(2)3)7(4)9/h4-5H2,1-3H3. The number of allylic oxidation sites excluding steroid dienone is 2. The second-order valence-electron chi connectivity index (χ2n) is 2.17. The highest BCUT2D eigenvalue weighted by Crippen LogP contribution is 2.17. The minimum atomic E-state index is 0.474. The van der Waals surface area contributed by atoms with Gasteiger partial charge in [-0.05, 0) is 26.3 Å². The van der Waals surface area contributed by atoms with Crippen molar-refractivity contribution >= 4 is 11.6 Å². The molecular formula is C8H13ClO. The molecule has 0 aromatic heterocycles. The fourth-order valence-corrected chi connectivity index (χ4v) is 0.882. The lowest BCUT2D eigenvalue weighted by atomic mass is 10.3. The first-order valence-corrected chi connectivity index (χ1v) is 3.62. The number of hydrogen-bond acceptors (Lipinski definition) is 1. The van der Waals surface area contributed by atoms with Gasteiger partial charge in [-0.3, -0.25) is 0 Å². The Morgan fingerprint density at radius 3 is 2.10 bits per heavy atom. The van der Waals surface area contributed by atoms with E-state index in [4.69, 9.17) is 16.3 Å². The van der Waals surface area contributed by atoms with Crippen molar-refractivity contribution in [2.24, 2.45) is 0 Å². The zero-order chi connectivity index (χ0) is 8.15. The maximum atomic E-state index is 5.64. The van der Waals surface area contributed by atoms with Crippen LogP contribution in [0.1, 0.15) is 20.8 Å². The molecule has 0 amide bonds. The summed E-state index contributed by atoms with van der Waals surface area (Å²) in [6.07, 6.45) is 0. The maximum Gasteiger partial charge on any atom is 0.135 e. The minimum Gasteiger partial charge on any atom is -0.492 e. The van der Waals surface area contributed by atoms with Crippen LogP contribution in [0.5, 0.6) is 0 Å². The van der Waals surface area contributed by atoms with Crippen LogP contribution >= 0.6 is 11.6 Å². The van der Waals surface area contributed by atoms with Crippen molar-refractivity contribution in [2.75, 3.05) is 6.61 Å². The highest BCUT2D eigenvalue weighted by molar-refractivity contribution is 6.31. The Labute approximate surface area is 67.3 Å². The lowest BCUT2D eigenvalue weighted by molar-refractivity contribution is 0.237. The van der Waals surface area contributed by atoms with Gasteiger partial charge < -0.3 is 4.74 Å². The van der Waals surface area contributed by atoms with Crippen LogP contribution in [0.2, 0.25) is 0 Å². The average Bonchev–Trinajstić information content (AvgIpc) is 1.81. The molecule has 0 heterocycles. The van der Waals surface area contributed by atoms with Gasteiger partial charge in [0, 0.05) is 0 Å². The van der Waals surface area contributed by atoms with Gasteiger partial charge >= 0.3 is 0 Å². The molecule has 0 bridgehead atoms. The largest absolute Gasteiger partial charge is 0.492 e. The topological polar surface area (TPSA) is 9.23 Å². The summed E-state index contributed by atoms with van der Waals surface area (Å²) in [4.78, 5) is 0. The normalized spacial score (nSPS) is 8.80. The van der Waals surface area contributed by atoms with Crippen LogP contribution in [0.25, 0.3) is 0 Å². The third-order valence-electron chi connectivity index (χ3n) is 0.989. The van der Waals surface area contributed by atoms with Crippen LogP contribution in [-0.2, 0) is 4.74 Å². The number of ether oxygens (including phenoxy) is 1. The molecule has 0 unspecified atom stereocenters. The van der Waals surface area contributed by atoms with E-state index < -0.39 is 0 Å². The molecule has 0 aliphatic rings. The van der Waals surface area contributed by atoms with Crippen LogP contribution in [-0.4, -0.2) is 6.61 Å². The van der Waals surface area contributed by atoms with Crippen molar-refractivity contribution in [3.63, 3.8) is 0 Å². The molecule has 0 saturated heterocycles. The molecule has 0 radical (unpaired) electrons. The van der Waals surface area contributed by atoms with Crippen LogP contribution in [0.15, 0.2) is 22.9 Å². The molecule has 2 heteroatoms. The summed E-state index contributed by atoms with van der Waals surface area (Å²) in [6.45, 7) is 10.0. The van der Waals surface area contributed by atoms with Gasteiger partial charge in [0.15, 0.2) is 0 Å². The lowest BCUT2D eigenvalue weighted by Crippen LogP contribution is -1.93. The number of hydrogen-bond donors (Lipinski definition) is 0. The molecule has 0 aromatic carbocycles. The fourth-order valence-electron chi connectivity index (χ4n) is 0.638. The van der Waals surface area contributed by atoms with Gasteiger partial charge in [0.05, 0.1) is 11.6 Å². The Morgan fingerprint density at radius 1 is 1.50 bits per heavy atom. The Hall–Kier alpha value is -0.430. The predicted octanol–water partition coefficient (Wildman–Crippen LogP) is 3.07. The van der Waals surface area contributed by atoms with Gasteiger partial charge in [0.1, 0.15) is 5.76 Å². The number of halogens is 1. The van der Waals surface area contributed by atoms with E-state index in [0.29, 0.717) is 17.4 Å². The van der Waals surface area contributed by atoms with E-state index in [9.17, 15) is 0 Å². The van der Waals surface area contributed by atoms with Crippen LogP contribution < -0.4 is 0 Å². The van der Waals surface area contributed by atoms with Gasteiger partial charge in [-0.25, -0.2) is 0 Å². The molecule has 0 aliphatic carbocycles. The summed E-state index contributed by atoms with van der Waals surface area (Å²) in [5, 5.41) is 0.474. The Morgan fingerprint density at radius 2 is 2.00 bits per heavy atom. The summed E-state index contributed by atoms with van der Waals surface area (Å²) >= 11 is 5.64. The molecule has 10 heavy (non-hydrogen) atoms. The highest BCUT2D eigenvalue weighted by atomic mass is 35.5. The third-order valence-corrected chi connectivity index (χ3v) is 1.16. The molecular weight excluding hydrogens is 148 g/mol. The van der Waals surface area contributed by atoms with Gasteiger partial charge in [-0.2, -0.15) is 0 Å². The quantitative estimate of drug-likeness (QED) is 0.456. The molecule has 0 rings (SSSR count). The van der Waals surface area contributed by atoms with Crippen molar-refractivity contribution in [1.29, 1.82) is 0 Å². The molecule has 0 fully saturated rings. The van der Waals surface area contributed by atoms with E-state index >= 15 is 0 Å². The van der Waals surface area contributed by atoms with E-state index in [1.807, 2.05) is 20.8 Å². The number of rotatable bonds is 3. The molecule has 0 atom stereocenters. The average molecular weight is 161 g/mol. The summed E-state index contributed by atoms with van der Waals surface area (Å²) in [6, 6.07) is 0. The third kappa shape index (κ3) is 2.92. The zero-order valence-corrected chi connectivity index (χ0v) is 7.46. The second-order valence-corrected chi connectivity index (χ2v) is 2.62. The van der Waals surface area contributed by atoms with Crippen molar-refractivity contribution in [3.8, 4) is 0 Å². The van der Waals surface area contributed by atoms with E-state index in [-0.39, 0.29) is 0 Å². The van der Waals surface area contributed by atoms with Crippen molar-refractivity contribution in [3.05, 3.63) is 22.9 Å². The first-order chi connectivity index (χ1) is 4.59. The summed E-state index contributed by atoms with van der Waals surface area (Å²) < 4.78 is 5.21. The monoisotopic (exact) mass is 160 g/mol. The summed E-state index contributed by atoms with van der Waals surface area (Å²) in [5.74, 6) is 0.712. The maximum absolute atomic E-state index is 5.64. The van der Waals surface area contributed by atoms with E-state index in [1.165, 1.54) is 0 Å². The molecule has 0 spiro atoms. The molecule has 0 N–H and O–H groups in total. The SMILES string of the molecule is C=C(Cl)C(OCC)=C(C)C. The summed E-state index contributed by atoms with van der Waals surface area (Å²) in [5.41, 5.74) is 1.06. The minimum absolute atomic E-state index is 0.474. The lowest BCUT2D eigenvalue weighted by Gasteiger charge is -2.07.